The highest BCUT2D eigenvalue weighted by atomic mass is 19.4. The molecular weight excluding hydrogens is 276 g/mol. The van der Waals surface area contributed by atoms with Crippen molar-refractivity contribution in [1.29, 1.82) is 0 Å². The van der Waals surface area contributed by atoms with Crippen molar-refractivity contribution in [3.63, 3.8) is 0 Å². The summed E-state index contributed by atoms with van der Waals surface area (Å²) in [5.74, 6) is -4.40. The first-order valence-corrected chi connectivity index (χ1v) is 4.82. The number of halogens is 3. The largest absolute Gasteiger partial charge is 0.793 e. The van der Waals surface area contributed by atoms with E-state index in [1.54, 1.807) is 0 Å². The van der Waals surface area contributed by atoms with Crippen molar-refractivity contribution in [1.82, 2.24) is 0 Å². The number of ether oxygens (including phenoxy) is 1. The van der Waals surface area contributed by atoms with Crippen LogP contribution in [0.25, 0.3) is 0 Å². The maximum Gasteiger partial charge on any atom is 0.793 e. The third kappa shape index (κ3) is 3.37. The maximum atomic E-state index is 12.7. The summed E-state index contributed by atoms with van der Waals surface area (Å²) in [6.07, 6.45) is -5.98. The van der Waals surface area contributed by atoms with E-state index in [0.717, 1.165) is 7.11 Å². The number of rotatable bonds is 1. The second-order valence-electron chi connectivity index (χ2n) is 3.70. The monoisotopic (exact) mass is 284 g/mol. The summed E-state index contributed by atoms with van der Waals surface area (Å²) >= 11 is 0. The van der Waals surface area contributed by atoms with Gasteiger partial charge in [0.2, 0.25) is 0 Å². The molecule has 0 aromatic heterocycles. The molecular formula is C8H8BF3O7. The molecule has 0 N–H and O–H groups in total. The van der Waals surface area contributed by atoms with Crippen LogP contribution in [0, 0.1) is 0 Å². The van der Waals surface area contributed by atoms with Gasteiger partial charge in [-0.2, -0.15) is 13.2 Å². The van der Waals surface area contributed by atoms with E-state index < -0.39 is 43.4 Å². The number of carbonyl (C=O) groups excluding carboxylic acids is 3. The van der Waals surface area contributed by atoms with Crippen molar-refractivity contribution in [3.05, 3.63) is 0 Å². The molecule has 19 heavy (non-hydrogen) atoms. The molecule has 0 aliphatic carbocycles. The van der Waals surface area contributed by atoms with Gasteiger partial charge in [-0.15, -0.1) is 0 Å². The molecule has 1 aliphatic heterocycles. The van der Waals surface area contributed by atoms with Gasteiger partial charge < -0.3 is 18.7 Å². The zero-order chi connectivity index (χ0) is 14.8. The molecule has 0 spiro atoms. The van der Waals surface area contributed by atoms with Gasteiger partial charge in [0, 0.05) is 0 Å². The Morgan fingerprint density at radius 3 is 2.42 bits per heavy atom. The quantitative estimate of drug-likeness (QED) is 0.379. The second-order valence-corrected chi connectivity index (χ2v) is 3.70. The lowest BCUT2D eigenvalue weighted by Crippen LogP contribution is -2.56. The van der Waals surface area contributed by atoms with Crippen LogP contribution in [0.3, 0.4) is 0 Å². The summed E-state index contributed by atoms with van der Waals surface area (Å²) in [6.45, 7) is 0.590. The van der Waals surface area contributed by atoms with Gasteiger partial charge in [0.25, 0.3) is 5.97 Å². The van der Waals surface area contributed by atoms with Crippen molar-refractivity contribution >= 4 is 25.2 Å². The predicted octanol–water partition coefficient (Wildman–Crippen LogP) is -0.0280. The molecule has 0 radical (unpaired) electrons. The summed E-state index contributed by atoms with van der Waals surface area (Å²) < 4.78 is 54.7. The fraction of sp³-hybridized carbons (Fsp3) is 0.625. The zero-order valence-electron chi connectivity index (χ0n) is 9.78. The Morgan fingerprint density at radius 1 is 1.37 bits per heavy atom. The molecule has 0 amide bonds. The Bertz CT molecular complexity index is 410. The third-order valence-electron chi connectivity index (χ3n) is 2.22. The van der Waals surface area contributed by atoms with E-state index >= 15 is 0 Å². The lowest BCUT2D eigenvalue weighted by atomic mass is 9.96. The summed E-state index contributed by atoms with van der Waals surface area (Å²) in [4.78, 5) is 32.7. The fourth-order valence-electron chi connectivity index (χ4n) is 1.14. The lowest BCUT2D eigenvalue weighted by Gasteiger charge is -2.35. The molecule has 11 heteroatoms. The van der Waals surface area contributed by atoms with Gasteiger partial charge in [-0.05, 0) is 6.92 Å². The molecule has 0 saturated carbocycles. The zero-order valence-corrected chi connectivity index (χ0v) is 9.78. The SMILES string of the molecule is COC(=O)C(=O)OB1OC(=O)CC(C)(C(F)(F)F)O1. The van der Waals surface area contributed by atoms with Crippen molar-refractivity contribution in [2.24, 2.45) is 0 Å². The minimum Gasteiger partial charge on any atom is -0.473 e. The smallest absolute Gasteiger partial charge is 0.473 e. The number of carbonyl (C=O) groups is 3. The maximum absolute atomic E-state index is 12.7. The highest BCUT2D eigenvalue weighted by Crippen LogP contribution is 2.39. The van der Waals surface area contributed by atoms with Crippen molar-refractivity contribution in [2.75, 3.05) is 7.11 Å². The van der Waals surface area contributed by atoms with Crippen LogP contribution in [-0.4, -0.2) is 44.1 Å². The van der Waals surface area contributed by atoms with Crippen molar-refractivity contribution in [2.45, 2.75) is 25.1 Å². The van der Waals surface area contributed by atoms with Crippen LogP contribution < -0.4 is 0 Å². The molecule has 1 unspecified atom stereocenters. The average molecular weight is 284 g/mol. The Morgan fingerprint density at radius 2 is 1.95 bits per heavy atom. The molecule has 106 valence electrons. The molecule has 1 fully saturated rings. The number of alkyl halides is 3. The van der Waals surface area contributed by atoms with E-state index in [-0.39, 0.29) is 0 Å². The molecule has 0 bridgehead atoms. The Labute approximate surface area is 105 Å². The predicted molar refractivity (Wildman–Crippen MR) is 50.1 cm³/mol. The fourth-order valence-corrected chi connectivity index (χ4v) is 1.14. The molecule has 1 atom stereocenters. The van der Waals surface area contributed by atoms with Gasteiger partial charge >= 0.3 is 25.4 Å². The highest BCUT2D eigenvalue weighted by molar-refractivity contribution is 6.47. The number of esters is 1. The van der Waals surface area contributed by atoms with Crippen LogP contribution in [0.2, 0.25) is 0 Å². The molecule has 1 aliphatic rings. The Hall–Kier alpha value is -1.78. The number of hydrogen-bond acceptors (Lipinski definition) is 7. The van der Waals surface area contributed by atoms with Gasteiger partial charge in [0.05, 0.1) is 13.5 Å². The number of methoxy groups -OCH3 is 1. The van der Waals surface area contributed by atoms with Gasteiger partial charge in [-0.1, -0.05) is 0 Å². The molecule has 1 heterocycles. The van der Waals surface area contributed by atoms with Crippen molar-refractivity contribution in [3.8, 4) is 0 Å². The first-order chi connectivity index (χ1) is 8.59. The van der Waals surface area contributed by atoms with Gasteiger partial charge in [0.1, 0.15) is 0 Å². The summed E-state index contributed by atoms with van der Waals surface area (Å²) in [7, 11) is -1.41. The molecule has 0 aromatic carbocycles. The second kappa shape index (κ2) is 5.07. The van der Waals surface area contributed by atoms with Crippen LogP contribution >= 0.6 is 0 Å². The molecule has 0 aromatic rings. The van der Waals surface area contributed by atoms with E-state index in [0.29, 0.717) is 6.92 Å². The summed E-state index contributed by atoms with van der Waals surface area (Å²) in [5.41, 5.74) is -2.87. The summed E-state index contributed by atoms with van der Waals surface area (Å²) in [6, 6.07) is 0. The van der Waals surface area contributed by atoms with Crippen LogP contribution in [0.4, 0.5) is 13.2 Å². The normalized spacial score (nSPS) is 23.6. The summed E-state index contributed by atoms with van der Waals surface area (Å²) in [5, 5.41) is 0. The van der Waals surface area contributed by atoms with E-state index in [2.05, 4.69) is 18.7 Å². The van der Waals surface area contributed by atoms with E-state index in [1.165, 1.54) is 0 Å². The van der Waals surface area contributed by atoms with Gasteiger partial charge in [-0.3, -0.25) is 4.79 Å². The Balaban J connectivity index is 2.79. The molecule has 1 saturated heterocycles. The van der Waals surface area contributed by atoms with Crippen LogP contribution in [0.15, 0.2) is 0 Å². The minimum absolute atomic E-state index is 0.590. The molecule has 7 nitrogen and oxygen atoms in total. The van der Waals surface area contributed by atoms with Crippen LogP contribution in [0.5, 0.6) is 0 Å². The first-order valence-electron chi connectivity index (χ1n) is 4.82. The van der Waals surface area contributed by atoms with E-state index in [4.69, 9.17) is 0 Å². The van der Waals surface area contributed by atoms with Crippen LogP contribution in [-0.2, 0) is 33.1 Å². The topological polar surface area (TPSA) is 88.1 Å². The average Bonchev–Trinajstić information content (AvgIpc) is 2.25. The minimum atomic E-state index is -4.89. The van der Waals surface area contributed by atoms with Crippen molar-refractivity contribution < 1.29 is 46.3 Å². The van der Waals surface area contributed by atoms with Crippen LogP contribution in [0.1, 0.15) is 13.3 Å². The Kier molecular flexibility index (Phi) is 4.08. The standard InChI is InChI=1S/C8H8BF3O7/c1-7(8(10,11)12)3-4(13)17-9(19-7)18-6(15)5(14)16-2/h3H2,1-2H3. The third-order valence-corrected chi connectivity index (χ3v) is 2.22. The highest BCUT2D eigenvalue weighted by Gasteiger charge is 2.61. The molecule has 1 rings (SSSR count). The van der Waals surface area contributed by atoms with Gasteiger partial charge in [0.15, 0.2) is 5.60 Å². The van der Waals surface area contributed by atoms with Gasteiger partial charge in [-0.25, -0.2) is 9.59 Å². The number of hydrogen-bond donors (Lipinski definition) is 0. The lowest BCUT2D eigenvalue weighted by molar-refractivity contribution is -0.261. The first kappa shape index (κ1) is 15.3. The van der Waals surface area contributed by atoms with E-state index in [9.17, 15) is 27.6 Å². The van der Waals surface area contributed by atoms with E-state index in [1.807, 2.05) is 0 Å².